The van der Waals surface area contributed by atoms with E-state index < -0.39 is 0 Å². The molecule has 9 nitrogen and oxygen atoms in total. The Balaban J connectivity index is 1.31. The second-order valence-electron chi connectivity index (χ2n) is 5.98. The van der Waals surface area contributed by atoms with Gasteiger partial charge in [-0.2, -0.15) is 4.98 Å². The van der Waals surface area contributed by atoms with Crippen molar-refractivity contribution in [3.8, 4) is 11.4 Å². The first kappa shape index (κ1) is 15.4. The molecule has 0 spiro atoms. The predicted molar refractivity (Wildman–Crippen MR) is 85.4 cm³/mol. The van der Waals surface area contributed by atoms with Crippen LogP contribution in [-0.4, -0.2) is 64.3 Å². The molecular weight excluding hydrogens is 326 g/mol. The lowest BCUT2D eigenvalue weighted by Crippen LogP contribution is -2.55. The van der Waals surface area contributed by atoms with Crippen molar-refractivity contribution in [3.05, 3.63) is 36.2 Å². The number of rotatable bonds is 3. The minimum atomic E-state index is -0.285. The van der Waals surface area contributed by atoms with Gasteiger partial charge in [0.2, 0.25) is 12.2 Å². The van der Waals surface area contributed by atoms with Crippen molar-refractivity contribution in [2.24, 2.45) is 0 Å². The average molecular weight is 343 g/mol. The minimum Gasteiger partial charge on any atom is -0.447 e. The van der Waals surface area contributed by atoms with Crippen molar-refractivity contribution in [3.63, 3.8) is 0 Å². The number of hydrogen-bond donors (Lipinski definition) is 1. The number of aromatic nitrogens is 2. The van der Waals surface area contributed by atoms with E-state index in [9.17, 15) is 9.59 Å². The molecule has 0 radical (unpaired) electrons. The number of urea groups is 1. The second kappa shape index (κ2) is 6.42. The number of nitrogens with one attached hydrogen (secondary N) is 1. The molecule has 2 aliphatic rings. The highest BCUT2D eigenvalue weighted by molar-refractivity contribution is 5.75. The molecule has 1 atom stereocenters. The van der Waals surface area contributed by atoms with E-state index in [0.717, 1.165) is 11.1 Å². The van der Waals surface area contributed by atoms with Gasteiger partial charge in [0, 0.05) is 31.7 Å². The highest BCUT2D eigenvalue weighted by Gasteiger charge is 2.38. The number of nitrogens with zero attached hydrogens (tertiary/aromatic N) is 4. The Morgan fingerprint density at radius 3 is 2.88 bits per heavy atom. The molecule has 1 aromatic heterocycles. The van der Waals surface area contributed by atoms with Gasteiger partial charge in [-0.05, 0) is 5.56 Å². The van der Waals surface area contributed by atoms with Crippen LogP contribution in [-0.2, 0) is 11.3 Å². The number of carbonyl (C=O) groups is 2. The molecule has 2 saturated heterocycles. The summed E-state index contributed by atoms with van der Waals surface area (Å²) in [6.07, 6.45) is 0.998. The van der Waals surface area contributed by atoms with Gasteiger partial charge in [0.1, 0.15) is 6.61 Å². The van der Waals surface area contributed by atoms with E-state index in [1.165, 1.54) is 6.39 Å². The maximum absolute atomic E-state index is 12.3. The average Bonchev–Trinajstić information content (AvgIpc) is 3.30. The monoisotopic (exact) mass is 343 g/mol. The summed E-state index contributed by atoms with van der Waals surface area (Å²) >= 11 is 0. The second-order valence-corrected chi connectivity index (χ2v) is 5.98. The van der Waals surface area contributed by atoms with Crippen molar-refractivity contribution in [2.45, 2.75) is 12.6 Å². The molecule has 25 heavy (non-hydrogen) atoms. The zero-order valence-corrected chi connectivity index (χ0v) is 13.4. The summed E-state index contributed by atoms with van der Waals surface area (Å²) in [6.45, 7) is 2.28. The number of piperazine rings is 1. The van der Waals surface area contributed by atoms with Crippen molar-refractivity contribution in [1.29, 1.82) is 0 Å². The summed E-state index contributed by atoms with van der Waals surface area (Å²) < 4.78 is 9.74. The van der Waals surface area contributed by atoms with Crippen molar-refractivity contribution in [2.75, 3.05) is 26.2 Å². The number of cyclic esters (lactones) is 1. The molecular formula is C16H17N5O4. The Labute approximate surface area is 143 Å². The largest absolute Gasteiger partial charge is 0.447 e. The lowest BCUT2D eigenvalue weighted by molar-refractivity contribution is 0.127. The van der Waals surface area contributed by atoms with Gasteiger partial charge >= 0.3 is 12.1 Å². The predicted octanol–water partition coefficient (Wildman–Crippen LogP) is 1.08. The zero-order valence-electron chi connectivity index (χ0n) is 13.4. The summed E-state index contributed by atoms with van der Waals surface area (Å²) in [4.78, 5) is 31.2. The Bertz CT molecular complexity index is 761. The van der Waals surface area contributed by atoms with Crippen LogP contribution in [0.15, 0.2) is 35.2 Å². The van der Waals surface area contributed by atoms with E-state index in [1.807, 2.05) is 24.3 Å². The van der Waals surface area contributed by atoms with Crippen LogP contribution < -0.4 is 5.32 Å². The molecule has 3 amide bonds. The van der Waals surface area contributed by atoms with Crippen LogP contribution in [0.2, 0.25) is 0 Å². The van der Waals surface area contributed by atoms with Crippen molar-refractivity contribution < 1.29 is 18.8 Å². The van der Waals surface area contributed by atoms with Gasteiger partial charge in [0.25, 0.3) is 0 Å². The lowest BCUT2D eigenvalue weighted by Gasteiger charge is -2.35. The molecule has 4 rings (SSSR count). The van der Waals surface area contributed by atoms with Crippen LogP contribution >= 0.6 is 0 Å². The summed E-state index contributed by atoms with van der Waals surface area (Å²) in [5.74, 6) is 0.529. The SMILES string of the molecule is O=C(NCc1ccc(-c2ncon2)cc1)N1CCN2C(=O)OC[C@@H]2C1. The van der Waals surface area contributed by atoms with Gasteiger partial charge < -0.3 is 19.5 Å². The first-order valence-corrected chi connectivity index (χ1v) is 8.02. The molecule has 9 heteroatoms. The maximum Gasteiger partial charge on any atom is 0.410 e. The molecule has 2 aliphatic heterocycles. The van der Waals surface area contributed by atoms with Crippen LogP contribution in [0.3, 0.4) is 0 Å². The lowest BCUT2D eigenvalue weighted by atomic mass is 10.1. The van der Waals surface area contributed by atoms with Crippen LogP contribution in [0, 0.1) is 0 Å². The van der Waals surface area contributed by atoms with Crippen LogP contribution in [0.5, 0.6) is 0 Å². The smallest absolute Gasteiger partial charge is 0.410 e. The number of ether oxygens (including phenoxy) is 1. The summed E-state index contributed by atoms with van der Waals surface area (Å²) in [5, 5.41) is 6.69. The number of hydrogen-bond acceptors (Lipinski definition) is 6. The standard InChI is InChI=1S/C16H17N5O4/c22-15(20-5-6-21-13(8-20)9-24-16(21)23)17-7-11-1-3-12(4-2-11)14-18-10-25-19-14/h1-4,10,13H,5-9H2,(H,17,22)/t13-/m0/s1. The fourth-order valence-corrected chi connectivity index (χ4v) is 3.03. The Morgan fingerprint density at radius 1 is 1.28 bits per heavy atom. The molecule has 0 aliphatic carbocycles. The van der Waals surface area contributed by atoms with E-state index in [1.54, 1.807) is 9.80 Å². The van der Waals surface area contributed by atoms with Crippen LogP contribution in [0.25, 0.3) is 11.4 Å². The maximum atomic E-state index is 12.3. The summed E-state index contributed by atoms with van der Waals surface area (Å²) in [5.41, 5.74) is 1.82. The van der Waals surface area contributed by atoms with Gasteiger partial charge in [-0.25, -0.2) is 9.59 Å². The first-order valence-electron chi connectivity index (χ1n) is 8.02. The normalized spacial score (nSPS) is 19.5. The third-order valence-electron chi connectivity index (χ3n) is 4.42. The zero-order chi connectivity index (χ0) is 17.2. The topological polar surface area (TPSA) is 101 Å². The van der Waals surface area contributed by atoms with Gasteiger partial charge in [-0.3, -0.25) is 4.90 Å². The van der Waals surface area contributed by atoms with Crippen molar-refractivity contribution in [1.82, 2.24) is 25.3 Å². The number of benzene rings is 1. The Hall–Kier alpha value is -3.10. The third kappa shape index (κ3) is 3.12. The Kier molecular flexibility index (Phi) is 3.96. The van der Waals surface area contributed by atoms with E-state index in [0.29, 0.717) is 38.6 Å². The first-order chi connectivity index (χ1) is 12.2. The molecule has 1 aromatic carbocycles. The molecule has 2 fully saturated rings. The molecule has 0 bridgehead atoms. The summed E-state index contributed by atoms with van der Waals surface area (Å²) in [6, 6.07) is 7.41. The fourth-order valence-electron chi connectivity index (χ4n) is 3.03. The van der Waals surface area contributed by atoms with Gasteiger partial charge in [-0.15, -0.1) is 0 Å². The highest BCUT2D eigenvalue weighted by Crippen LogP contribution is 2.18. The van der Waals surface area contributed by atoms with E-state index in [2.05, 4.69) is 15.5 Å². The van der Waals surface area contributed by atoms with E-state index in [-0.39, 0.29) is 18.2 Å². The van der Waals surface area contributed by atoms with Gasteiger partial charge in [0.15, 0.2) is 0 Å². The molecule has 0 saturated carbocycles. The fraction of sp³-hybridized carbons (Fsp3) is 0.375. The minimum absolute atomic E-state index is 0.0405. The highest BCUT2D eigenvalue weighted by atomic mass is 16.6. The molecule has 1 N–H and O–H groups in total. The number of carbonyl (C=O) groups excluding carboxylic acids is 2. The van der Waals surface area contributed by atoms with Crippen molar-refractivity contribution >= 4 is 12.1 Å². The number of amides is 3. The Morgan fingerprint density at radius 2 is 2.12 bits per heavy atom. The third-order valence-corrected chi connectivity index (χ3v) is 4.42. The number of fused-ring (bicyclic) bond motifs is 1. The summed E-state index contributed by atoms with van der Waals surface area (Å²) in [7, 11) is 0. The van der Waals surface area contributed by atoms with E-state index in [4.69, 9.17) is 9.26 Å². The molecule has 130 valence electrons. The van der Waals surface area contributed by atoms with Crippen LogP contribution in [0.1, 0.15) is 5.56 Å². The van der Waals surface area contributed by atoms with Crippen LogP contribution in [0.4, 0.5) is 9.59 Å². The van der Waals surface area contributed by atoms with Gasteiger partial charge in [-0.1, -0.05) is 29.4 Å². The van der Waals surface area contributed by atoms with E-state index >= 15 is 0 Å². The van der Waals surface area contributed by atoms with Gasteiger partial charge in [0.05, 0.1) is 6.04 Å². The molecule has 3 heterocycles. The quantitative estimate of drug-likeness (QED) is 0.895. The molecule has 2 aromatic rings. The molecule has 0 unspecified atom stereocenters.